The number of nitrogens with zero attached hydrogens (tertiary/aromatic N) is 3. The highest BCUT2D eigenvalue weighted by Gasteiger charge is 2.19. The van der Waals surface area contributed by atoms with E-state index >= 15 is 0 Å². The molecule has 1 rings (SSSR count). The van der Waals surface area contributed by atoms with Crippen LogP contribution in [0, 0.1) is 20.2 Å². The molecule has 0 heterocycles. The molecule has 0 aliphatic heterocycles. The zero-order chi connectivity index (χ0) is 15.3. The van der Waals surface area contributed by atoms with Crippen LogP contribution < -0.4 is 5.43 Å². The molecule has 1 unspecified atom stereocenters. The van der Waals surface area contributed by atoms with Crippen LogP contribution in [0.3, 0.4) is 0 Å². The van der Waals surface area contributed by atoms with Crippen LogP contribution in [0.4, 0.5) is 17.1 Å². The van der Waals surface area contributed by atoms with E-state index in [4.69, 9.17) is 9.42 Å². The maximum absolute atomic E-state index is 10.8. The summed E-state index contributed by atoms with van der Waals surface area (Å²) in [5.74, 6) is 0.0776. The third-order valence-corrected chi connectivity index (χ3v) is 2.52. The molecule has 20 heavy (non-hydrogen) atoms. The fourth-order valence-electron chi connectivity index (χ4n) is 1.23. The Hall–Kier alpha value is -2.32. The largest absolute Gasteiger partial charge is 0.433 e. The lowest BCUT2D eigenvalue weighted by Crippen LogP contribution is -2.02. The molecule has 1 aromatic rings. The highest BCUT2D eigenvalue weighted by atomic mass is 31.2. The minimum absolute atomic E-state index is 0.0260. The molecule has 1 atom stereocenters. The summed E-state index contributed by atoms with van der Waals surface area (Å²) in [4.78, 5) is 28.9. The van der Waals surface area contributed by atoms with Crippen LogP contribution in [0.25, 0.3) is 0 Å². The minimum atomic E-state index is -1.65. The van der Waals surface area contributed by atoms with Gasteiger partial charge >= 0.3 is 5.69 Å². The van der Waals surface area contributed by atoms with Crippen molar-refractivity contribution in [3.63, 3.8) is 0 Å². The summed E-state index contributed by atoms with van der Waals surface area (Å²) in [6, 6.07) is 3.10. The Balaban J connectivity index is 3.00. The summed E-state index contributed by atoms with van der Waals surface area (Å²) >= 11 is 0. The topological polar surface area (TPSA) is 140 Å². The zero-order valence-electron chi connectivity index (χ0n) is 10.5. The number of hydrazone groups is 1. The number of rotatable bonds is 5. The number of nitrogens with one attached hydrogen (secondary N) is 1. The van der Waals surface area contributed by atoms with Crippen LogP contribution in [-0.4, -0.2) is 27.3 Å². The van der Waals surface area contributed by atoms with Gasteiger partial charge in [0, 0.05) is 19.7 Å². The lowest BCUT2D eigenvalue weighted by atomic mass is 10.2. The van der Waals surface area contributed by atoms with Gasteiger partial charge in [0.05, 0.1) is 15.9 Å². The van der Waals surface area contributed by atoms with Crippen molar-refractivity contribution in [2.24, 2.45) is 5.10 Å². The molecule has 0 fully saturated rings. The van der Waals surface area contributed by atoms with Gasteiger partial charge in [0.2, 0.25) is 14.3 Å². The van der Waals surface area contributed by atoms with Gasteiger partial charge in [-0.3, -0.25) is 25.7 Å². The number of nitro benzene ring substituents is 2. The Labute approximate surface area is 114 Å². The maximum atomic E-state index is 10.8. The van der Waals surface area contributed by atoms with Gasteiger partial charge in [0.15, 0.2) is 0 Å². The van der Waals surface area contributed by atoms with Crippen molar-refractivity contribution >= 4 is 31.3 Å². The van der Waals surface area contributed by atoms with Gasteiger partial charge in [-0.25, -0.2) is 0 Å². The first-order valence-electron chi connectivity index (χ1n) is 5.15. The van der Waals surface area contributed by atoms with E-state index in [9.17, 15) is 20.2 Å². The molecule has 2 N–H and O–H groups in total. The summed E-state index contributed by atoms with van der Waals surface area (Å²) in [6.45, 7) is 2.88. The van der Waals surface area contributed by atoms with Gasteiger partial charge in [-0.15, -0.1) is 5.10 Å². The maximum Gasteiger partial charge on any atom is 0.301 e. The molecule has 108 valence electrons. The molecular weight excluding hydrogens is 291 g/mol. The Bertz CT molecular complexity index is 561. The standard InChI is InChI=1S/C9H11N4O6P/c1-6(19-20(2)18)10-11-8-4-3-7(12(14)15)5-9(8)13(16)17/h3-5,11,18H,1-2H3. The van der Waals surface area contributed by atoms with E-state index in [-0.39, 0.29) is 11.6 Å². The van der Waals surface area contributed by atoms with E-state index in [2.05, 4.69) is 10.5 Å². The summed E-state index contributed by atoms with van der Waals surface area (Å²) in [6.07, 6.45) is 0. The fraction of sp³-hybridized carbons (Fsp3) is 0.222. The van der Waals surface area contributed by atoms with Gasteiger partial charge in [-0.05, 0) is 6.07 Å². The van der Waals surface area contributed by atoms with Crippen molar-refractivity contribution in [1.29, 1.82) is 0 Å². The van der Waals surface area contributed by atoms with Crippen molar-refractivity contribution in [1.82, 2.24) is 0 Å². The number of nitro groups is 2. The summed E-state index contributed by atoms with van der Waals surface area (Å²) in [5, 5.41) is 25.1. The van der Waals surface area contributed by atoms with Crippen LogP contribution in [-0.2, 0) is 4.52 Å². The molecule has 0 spiro atoms. The second kappa shape index (κ2) is 6.73. The Morgan fingerprint density at radius 2 is 2.05 bits per heavy atom. The number of hydrogen-bond donors (Lipinski definition) is 2. The predicted octanol–water partition coefficient (Wildman–Crippen LogP) is 2.20. The van der Waals surface area contributed by atoms with Gasteiger partial charge in [-0.1, -0.05) is 0 Å². The molecule has 0 saturated carbocycles. The first-order chi connectivity index (χ1) is 9.31. The molecule has 10 nitrogen and oxygen atoms in total. The van der Waals surface area contributed by atoms with Crippen molar-refractivity contribution < 1.29 is 19.3 Å². The van der Waals surface area contributed by atoms with Crippen LogP contribution in [0.5, 0.6) is 0 Å². The average molecular weight is 302 g/mol. The van der Waals surface area contributed by atoms with Gasteiger partial charge in [-0.2, -0.15) is 0 Å². The summed E-state index contributed by atoms with van der Waals surface area (Å²) in [7, 11) is -1.65. The van der Waals surface area contributed by atoms with E-state index in [1.807, 2.05) is 0 Å². The summed E-state index contributed by atoms with van der Waals surface area (Å²) in [5.41, 5.74) is 1.45. The number of hydrogen-bond acceptors (Lipinski definition) is 8. The molecule has 11 heteroatoms. The second-order valence-electron chi connectivity index (χ2n) is 3.51. The Morgan fingerprint density at radius 3 is 2.55 bits per heavy atom. The molecular formula is C9H11N4O6P. The van der Waals surface area contributed by atoms with Gasteiger partial charge in [0.1, 0.15) is 5.69 Å². The second-order valence-corrected chi connectivity index (χ2v) is 4.62. The molecule has 0 bridgehead atoms. The van der Waals surface area contributed by atoms with Crippen molar-refractivity contribution in [3.05, 3.63) is 38.4 Å². The minimum Gasteiger partial charge on any atom is -0.433 e. The lowest BCUT2D eigenvalue weighted by Gasteiger charge is -2.07. The van der Waals surface area contributed by atoms with Crippen LogP contribution >= 0.6 is 8.38 Å². The third-order valence-electron chi connectivity index (χ3n) is 1.99. The van der Waals surface area contributed by atoms with E-state index < -0.39 is 29.6 Å². The molecule has 0 aliphatic rings. The molecule has 0 radical (unpaired) electrons. The van der Waals surface area contributed by atoms with E-state index in [1.165, 1.54) is 19.7 Å². The van der Waals surface area contributed by atoms with Gasteiger partial charge in [0.25, 0.3) is 5.69 Å². The third kappa shape index (κ3) is 4.41. The smallest absolute Gasteiger partial charge is 0.301 e. The average Bonchev–Trinajstić information content (AvgIpc) is 2.35. The Kier molecular flexibility index (Phi) is 5.30. The molecule has 0 aromatic heterocycles. The van der Waals surface area contributed by atoms with Crippen molar-refractivity contribution in [2.75, 3.05) is 12.1 Å². The quantitative estimate of drug-likeness (QED) is 0.279. The van der Waals surface area contributed by atoms with Crippen molar-refractivity contribution in [3.8, 4) is 0 Å². The monoisotopic (exact) mass is 302 g/mol. The first kappa shape index (κ1) is 15.7. The highest BCUT2D eigenvalue weighted by Crippen LogP contribution is 2.29. The lowest BCUT2D eigenvalue weighted by molar-refractivity contribution is -0.393. The normalized spacial score (nSPS) is 12.7. The van der Waals surface area contributed by atoms with Crippen molar-refractivity contribution in [2.45, 2.75) is 6.92 Å². The van der Waals surface area contributed by atoms with E-state index in [0.29, 0.717) is 0 Å². The van der Waals surface area contributed by atoms with Crippen LogP contribution in [0.2, 0.25) is 0 Å². The zero-order valence-corrected chi connectivity index (χ0v) is 11.4. The molecule has 0 amide bonds. The molecule has 0 saturated heterocycles. The number of benzene rings is 1. The molecule has 1 aromatic carbocycles. The fourth-order valence-corrected chi connectivity index (χ4v) is 1.65. The highest BCUT2D eigenvalue weighted by molar-refractivity contribution is 7.45. The van der Waals surface area contributed by atoms with E-state index in [0.717, 1.165) is 12.1 Å². The van der Waals surface area contributed by atoms with Crippen LogP contribution in [0.1, 0.15) is 6.92 Å². The van der Waals surface area contributed by atoms with Gasteiger partial charge < -0.3 is 9.42 Å². The number of non-ortho nitro benzene ring substituents is 1. The Morgan fingerprint density at radius 1 is 1.40 bits per heavy atom. The molecule has 0 aliphatic carbocycles. The van der Waals surface area contributed by atoms with E-state index in [1.54, 1.807) is 0 Å². The predicted molar refractivity (Wildman–Crippen MR) is 72.6 cm³/mol. The van der Waals surface area contributed by atoms with Crippen LogP contribution in [0.15, 0.2) is 23.3 Å². The number of anilines is 1. The first-order valence-corrected chi connectivity index (χ1v) is 6.81. The SMILES string of the molecule is CC(=NNc1ccc([N+](=O)[O-])cc1[N+](=O)[O-])OP(C)O. The summed E-state index contributed by atoms with van der Waals surface area (Å²) < 4.78 is 4.86.